The number of hydrogen-bond donors (Lipinski definition) is 1. The standard InChI is InChI=1S/C19H16N2O4/c1-11-17(13-6-4-3-5-7-13)18(23)20-12(2)21(11)14-8-9-15(19(24)25)16(22)10-14/h3-10,22H,1-2H3,(H,24,25)/p-1. The van der Waals surface area contributed by atoms with Crippen LogP contribution in [-0.2, 0) is 0 Å². The van der Waals surface area contributed by atoms with Gasteiger partial charge in [0.2, 0.25) is 0 Å². The summed E-state index contributed by atoms with van der Waals surface area (Å²) in [7, 11) is 0. The van der Waals surface area contributed by atoms with Crippen molar-refractivity contribution >= 4 is 5.97 Å². The highest BCUT2D eigenvalue weighted by atomic mass is 16.4. The number of hydrogen-bond acceptors (Lipinski definition) is 4. The van der Waals surface area contributed by atoms with Crippen LogP contribution in [0.4, 0.5) is 0 Å². The zero-order valence-electron chi connectivity index (χ0n) is 13.7. The lowest BCUT2D eigenvalue weighted by Crippen LogP contribution is -2.20. The van der Waals surface area contributed by atoms with Crippen molar-refractivity contribution in [3.05, 3.63) is 76.0 Å². The molecule has 0 saturated heterocycles. The Bertz CT molecular complexity index is 1020. The maximum absolute atomic E-state index is 12.4. The van der Waals surface area contributed by atoms with Crippen molar-refractivity contribution in [1.82, 2.24) is 9.55 Å². The average Bonchev–Trinajstić information content (AvgIpc) is 2.55. The fourth-order valence-corrected chi connectivity index (χ4v) is 2.91. The molecule has 3 rings (SSSR count). The molecule has 6 heteroatoms. The molecule has 0 aliphatic rings. The van der Waals surface area contributed by atoms with Crippen LogP contribution in [0.3, 0.4) is 0 Å². The molecule has 3 aromatic rings. The highest BCUT2D eigenvalue weighted by Crippen LogP contribution is 2.25. The van der Waals surface area contributed by atoms with Gasteiger partial charge in [-0.1, -0.05) is 36.1 Å². The van der Waals surface area contributed by atoms with Gasteiger partial charge < -0.3 is 14.8 Å². The van der Waals surface area contributed by atoms with Crippen LogP contribution in [0.15, 0.2) is 53.3 Å². The molecule has 0 bridgehead atoms. The monoisotopic (exact) mass is 335 g/mol. The van der Waals surface area contributed by atoms with Gasteiger partial charge in [0.25, 0.3) is 5.56 Å². The van der Waals surface area contributed by atoms with Gasteiger partial charge in [-0.25, -0.2) is 4.79 Å². The van der Waals surface area contributed by atoms with Gasteiger partial charge in [-0.3, -0.25) is 4.79 Å². The third-order valence-corrected chi connectivity index (χ3v) is 4.01. The average molecular weight is 335 g/mol. The molecule has 2 aromatic carbocycles. The summed E-state index contributed by atoms with van der Waals surface area (Å²) >= 11 is 0. The molecule has 0 aliphatic carbocycles. The fourth-order valence-electron chi connectivity index (χ4n) is 2.91. The number of rotatable bonds is 3. The largest absolute Gasteiger partial charge is 0.872 e. The summed E-state index contributed by atoms with van der Waals surface area (Å²) in [5, 5.41) is 21.0. The van der Waals surface area contributed by atoms with Gasteiger partial charge in [-0.15, -0.1) is 0 Å². The second-order valence-electron chi connectivity index (χ2n) is 5.61. The Morgan fingerprint density at radius 1 is 1.12 bits per heavy atom. The topological polar surface area (TPSA) is 95.2 Å². The molecule has 0 spiro atoms. The van der Waals surface area contributed by atoms with E-state index in [-0.39, 0.29) is 11.1 Å². The minimum absolute atomic E-state index is 0.295. The van der Waals surface area contributed by atoms with Crippen molar-refractivity contribution < 1.29 is 15.0 Å². The summed E-state index contributed by atoms with van der Waals surface area (Å²) in [5.41, 5.74) is 1.64. The summed E-state index contributed by atoms with van der Waals surface area (Å²) in [6.07, 6.45) is 0. The predicted octanol–water partition coefficient (Wildman–Crippen LogP) is 2.29. The number of carboxylic acids is 1. The molecular formula is C19H15N2O4-. The molecule has 0 unspecified atom stereocenters. The first-order chi connectivity index (χ1) is 11.9. The van der Waals surface area contributed by atoms with Crippen LogP contribution in [0.5, 0.6) is 5.75 Å². The van der Waals surface area contributed by atoms with Crippen LogP contribution in [0, 0.1) is 13.8 Å². The molecule has 0 atom stereocenters. The van der Waals surface area contributed by atoms with Gasteiger partial charge in [0.15, 0.2) is 0 Å². The zero-order valence-corrected chi connectivity index (χ0v) is 13.7. The molecule has 0 aliphatic heterocycles. The fraction of sp³-hybridized carbons (Fsp3) is 0.105. The second-order valence-corrected chi connectivity index (χ2v) is 5.61. The Morgan fingerprint density at radius 3 is 2.40 bits per heavy atom. The third-order valence-electron chi connectivity index (χ3n) is 4.01. The van der Waals surface area contributed by atoms with Crippen molar-refractivity contribution in [2.75, 3.05) is 0 Å². The molecular weight excluding hydrogens is 320 g/mol. The van der Waals surface area contributed by atoms with E-state index >= 15 is 0 Å². The van der Waals surface area contributed by atoms with Gasteiger partial charge in [-0.2, -0.15) is 4.98 Å². The first kappa shape index (κ1) is 16.4. The van der Waals surface area contributed by atoms with E-state index in [9.17, 15) is 14.7 Å². The first-order valence-electron chi connectivity index (χ1n) is 7.60. The zero-order chi connectivity index (χ0) is 18.1. The molecule has 1 N–H and O–H groups in total. The number of aromatic carboxylic acids is 1. The molecule has 0 amide bonds. The molecule has 0 radical (unpaired) electrons. The first-order valence-corrected chi connectivity index (χ1v) is 7.60. The van der Waals surface area contributed by atoms with Crippen LogP contribution in [0.25, 0.3) is 16.8 Å². The van der Waals surface area contributed by atoms with Gasteiger partial charge in [0.05, 0.1) is 11.1 Å². The summed E-state index contributed by atoms with van der Waals surface area (Å²) in [5.74, 6) is -1.44. The Hall–Kier alpha value is -3.41. The minimum Gasteiger partial charge on any atom is -0.872 e. The number of aromatic nitrogens is 2. The van der Waals surface area contributed by atoms with Gasteiger partial charge >= 0.3 is 5.97 Å². The van der Waals surface area contributed by atoms with Gasteiger partial charge in [-0.05, 0) is 37.6 Å². The van der Waals surface area contributed by atoms with E-state index in [1.807, 2.05) is 30.3 Å². The maximum Gasteiger partial charge on any atom is 0.335 e. The van der Waals surface area contributed by atoms with E-state index in [0.717, 1.165) is 5.56 Å². The number of carboxylic acid groups (broad SMARTS) is 1. The number of benzene rings is 2. The smallest absolute Gasteiger partial charge is 0.335 e. The molecule has 0 fully saturated rings. The van der Waals surface area contributed by atoms with E-state index in [1.54, 1.807) is 18.4 Å². The summed E-state index contributed by atoms with van der Waals surface area (Å²) in [4.78, 5) is 27.5. The normalized spacial score (nSPS) is 10.6. The van der Waals surface area contributed by atoms with Crippen molar-refractivity contribution in [2.45, 2.75) is 13.8 Å². The van der Waals surface area contributed by atoms with Gasteiger partial charge in [0.1, 0.15) is 5.82 Å². The number of aryl methyl sites for hydroxylation is 1. The highest BCUT2D eigenvalue weighted by molar-refractivity contribution is 5.90. The molecule has 6 nitrogen and oxygen atoms in total. The molecule has 126 valence electrons. The second kappa shape index (κ2) is 6.24. The Morgan fingerprint density at radius 2 is 1.80 bits per heavy atom. The predicted molar refractivity (Wildman–Crippen MR) is 91.1 cm³/mol. The summed E-state index contributed by atoms with van der Waals surface area (Å²) in [6, 6.07) is 13.2. The van der Waals surface area contributed by atoms with Crippen molar-refractivity contribution in [2.24, 2.45) is 0 Å². The number of nitrogens with zero attached hydrogens (tertiary/aromatic N) is 2. The van der Waals surface area contributed by atoms with Crippen molar-refractivity contribution in [3.8, 4) is 22.6 Å². The van der Waals surface area contributed by atoms with Crippen molar-refractivity contribution in [3.63, 3.8) is 0 Å². The third kappa shape index (κ3) is 2.89. The van der Waals surface area contributed by atoms with Crippen LogP contribution in [-0.4, -0.2) is 20.6 Å². The maximum atomic E-state index is 12.4. The lowest BCUT2D eigenvalue weighted by Gasteiger charge is -2.19. The SMILES string of the molecule is Cc1nc(=O)c(-c2ccccc2)c(C)n1-c1ccc(C(=O)O)c([O-])c1. The van der Waals surface area contributed by atoms with Crippen LogP contribution < -0.4 is 10.7 Å². The minimum atomic E-state index is -1.27. The van der Waals surface area contributed by atoms with E-state index < -0.39 is 11.7 Å². The van der Waals surface area contributed by atoms with E-state index in [1.165, 1.54) is 18.2 Å². The molecule has 0 saturated carbocycles. The summed E-state index contributed by atoms with van der Waals surface area (Å²) < 4.78 is 1.68. The Kier molecular flexibility index (Phi) is 4.10. The molecule has 1 heterocycles. The summed E-state index contributed by atoms with van der Waals surface area (Å²) in [6.45, 7) is 3.44. The van der Waals surface area contributed by atoms with Crippen LogP contribution in [0.2, 0.25) is 0 Å². The Balaban J connectivity index is 2.26. The van der Waals surface area contributed by atoms with Crippen LogP contribution >= 0.6 is 0 Å². The number of carbonyl (C=O) groups is 1. The molecule has 25 heavy (non-hydrogen) atoms. The van der Waals surface area contributed by atoms with Crippen LogP contribution in [0.1, 0.15) is 21.9 Å². The van der Waals surface area contributed by atoms with E-state index in [0.29, 0.717) is 22.8 Å². The Labute approximate surface area is 143 Å². The van der Waals surface area contributed by atoms with E-state index in [2.05, 4.69) is 4.98 Å². The quantitative estimate of drug-likeness (QED) is 0.792. The van der Waals surface area contributed by atoms with Crippen molar-refractivity contribution in [1.29, 1.82) is 0 Å². The van der Waals surface area contributed by atoms with Gasteiger partial charge in [0, 0.05) is 11.4 Å². The molecule has 1 aromatic heterocycles. The lowest BCUT2D eigenvalue weighted by atomic mass is 10.1. The van der Waals surface area contributed by atoms with E-state index in [4.69, 9.17) is 5.11 Å². The lowest BCUT2D eigenvalue weighted by molar-refractivity contribution is -0.268. The highest BCUT2D eigenvalue weighted by Gasteiger charge is 2.15.